The van der Waals surface area contributed by atoms with Crippen LogP contribution in [0, 0.1) is 17.1 Å². The standard InChI is InChI=1S/C22H25FN8O2/c1-3-4-6-19(14(2)27-22(32)33)29-21-18(23)9-15(11-24)20(30-21)28-16-10-17(13-25-12-16)31-8-5-7-26-31/h5,7-10,12-14,19,27H,3-4,6H2,1-2H3,(H,32,33)(H2,28,29,30)/t14-,19-/m0/s1. The Labute approximate surface area is 190 Å². The van der Waals surface area contributed by atoms with Crippen molar-refractivity contribution >= 4 is 23.4 Å². The van der Waals surface area contributed by atoms with Gasteiger partial charge in [0.05, 0.1) is 29.3 Å². The van der Waals surface area contributed by atoms with Gasteiger partial charge in [-0.1, -0.05) is 19.8 Å². The number of nitrogens with zero attached hydrogens (tertiary/aromatic N) is 5. The highest BCUT2D eigenvalue weighted by Gasteiger charge is 2.22. The SMILES string of the molecule is CCCC[C@H](Nc1nc(Nc2cncc(-n3cccn3)c2)c(C#N)cc1F)[C@H](C)NC(=O)O. The van der Waals surface area contributed by atoms with Crippen molar-refractivity contribution in [3.05, 3.63) is 54.4 Å². The molecule has 0 spiro atoms. The summed E-state index contributed by atoms with van der Waals surface area (Å²) in [5.74, 6) is -0.633. The smallest absolute Gasteiger partial charge is 0.404 e. The van der Waals surface area contributed by atoms with Crippen LogP contribution in [-0.4, -0.2) is 43.0 Å². The molecule has 172 valence electrons. The molecule has 3 heterocycles. The maximum absolute atomic E-state index is 14.7. The van der Waals surface area contributed by atoms with E-state index in [-0.39, 0.29) is 17.2 Å². The average Bonchev–Trinajstić information content (AvgIpc) is 3.33. The van der Waals surface area contributed by atoms with Crippen LogP contribution in [-0.2, 0) is 0 Å². The van der Waals surface area contributed by atoms with Crippen molar-refractivity contribution in [3.63, 3.8) is 0 Å². The first-order valence-corrected chi connectivity index (χ1v) is 10.5. The Bertz CT molecular complexity index is 1130. The molecule has 11 heteroatoms. The van der Waals surface area contributed by atoms with Gasteiger partial charge in [0.2, 0.25) is 0 Å². The predicted molar refractivity (Wildman–Crippen MR) is 121 cm³/mol. The number of hydrogen-bond acceptors (Lipinski definition) is 7. The Hall–Kier alpha value is -4.20. The monoisotopic (exact) mass is 452 g/mol. The van der Waals surface area contributed by atoms with E-state index >= 15 is 0 Å². The Kier molecular flexibility index (Phi) is 7.75. The van der Waals surface area contributed by atoms with Gasteiger partial charge in [-0.3, -0.25) is 4.98 Å². The minimum Gasteiger partial charge on any atom is -0.465 e. The number of anilines is 3. The van der Waals surface area contributed by atoms with Gasteiger partial charge in [0.15, 0.2) is 17.5 Å². The van der Waals surface area contributed by atoms with Crippen LogP contribution in [0.1, 0.15) is 38.7 Å². The summed E-state index contributed by atoms with van der Waals surface area (Å²) in [7, 11) is 0. The number of rotatable bonds is 10. The largest absolute Gasteiger partial charge is 0.465 e. The van der Waals surface area contributed by atoms with Gasteiger partial charge in [-0.25, -0.2) is 18.9 Å². The Balaban J connectivity index is 1.88. The first-order valence-electron chi connectivity index (χ1n) is 10.5. The molecule has 1 amide bonds. The van der Waals surface area contributed by atoms with Gasteiger partial charge in [0.25, 0.3) is 0 Å². The number of halogens is 1. The summed E-state index contributed by atoms with van der Waals surface area (Å²) >= 11 is 0. The molecule has 3 rings (SSSR count). The number of unbranched alkanes of at least 4 members (excludes halogenated alkanes) is 1. The van der Waals surface area contributed by atoms with Crippen LogP contribution in [0.25, 0.3) is 5.69 Å². The molecular formula is C22H25FN8O2. The third kappa shape index (κ3) is 6.16. The zero-order valence-electron chi connectivity index (χ0n) is 18.3. The van der Waals surface area contributed by atoms with Crippen LogP contribution in [0.5, 0.6) is 0 Å². The molecule has 10 nitrogen and oxygen atoms in total. The molecule has 4 N–H and O–H groups in total. The molecule has 3 aromatic rings. The zero-order valence-corrected chi connectivity index (χ0v) is 18.3. The molecule has 0 saturated carbocycles. The fourth-order valence-corrected chi connectivity index (χ4v) is 3.29. The maximum Gasteiger partial charge on any atom is 0.404 e. The van der Waals surface area contributed by atoms with Crippen LogP contribution in [0.2, 0.25) is 0 Å². The molecule has 0 unspecified atom stereocenters. The second-order valence-electron chi connectivity index (χ2n) is 7.47. The van der Waals surface area contributed by atoms with Gasteiger partial charge in [0, 0.05) is 24.5 Å². The van der Waals surface area contributed by atoms with Crippen LogP contribution in [0.3, 0.4) is 0 Å². The minimum absolute atomic E-state index is 0.0179. The fraction of sp³-hybridized carbons (Fsp3) is 0.318. The van der Waals surface area contributed by atoms with Crippen molar-refractivity contribution in [1.29, 1.82) is 5.26 Å². The number of amides is 1. The molecule has 0 aliphatic rings. The lowest BCUT2D eigenvalue weighted by molar-refractivity contribution is 0.189. The Morgan fingerprint density at radius 2 is 2.15 bits per heavy atom. The highest BCUT2D eigenvalue weighted by molar-refractivity contribution is 5.66. The number of carboxylic acid groups (broad SMARTS) is 1. The Morgan fingerprint density at radius 3 is 2.82 bits per heavy atom. The molecule has 33 heavy (non-hydrogen) atoms. The van der Waals surface area contributed by atoms with Crippen molar-refractivity contribution in [2.24, 2.45) is 0 Å². The Morgan fingerprint density at radius 1 is 1.33 bits per heavy atom. The van der Waals surface area contributed by atoms with E-state index in [0.717, 1.165) is 18.9 Å². The van der Waals surface area contributed by atoms with E-state index in [2.05, 4.69) is 31.0 Å². The van der Waals surface area contributed by atoms with Crippen molar-refractivity contribution in [1.82, 2.24) is 25.1 Å². The number of nitrogens with one attached hydrogen (secondary N) is 3. The van der Waals surface area contributed by atoms with E-state index in [1.165, 1.54) is 0 Å². The van der Waals surface area contributed by atoms with Gasteiger partial charge in [-0.15, -0.1) is 0 Å². The van der Waals surface area contributed by atoms with E-state index in [1.54, 1.807) is 48.5 Å². The fourth-order valence-electron chi connectivity index (χ4n) is 3.29. The van der Waals surface area contributed by atoms with Gasteiger partial charge >= 0.3 is 6.09 Å². The van der Waals surface area contributed by atoms with Gasteiger partial charge in [0.1, 0.15) is 6.07 Å². The van der Waals surface area contributed by atoms with E-state index in [0.29, 0.717) is 17.8 Å². The predicted octanol–water partition coefficient (Wildman–Crippen LogP) is 4.04. The molecule has 2 atom stereocenters. The summed E-state index contributed by atoms with van der Waals surface area (Å²) in [5, 5.41) is 31.1. The quantitative estimate of drug-likeness (QED) is 0.361. The van der Waals surface area contributed by atoms with Crippen molar-refractivity contribution < 1.29 is 14.3 Å². The second-order valence-corrected chi connectivity index (χ2v) is 7.47. The van der Waals surface area contributed by atoms with Gasteiger partial charge < -0.3 is 21.1 Å². The van der Waals surface area contributed by atoms with E-state index in [4.69, 9.17) is 5.11 Å². The summed E-state index contributed by atoms with van der Waals surface area (Å²) in [6, 6.07) is 5.70. The molecule has 3 aromatic heterocycles. The molecule has 0 radical (unpaired) electrons. The zero-order chi connectivity index (χ0) is 23.8. The number of nitriles is 1. The number of hydrogen-bond donors (Lipinski definition) is 4. The van der Waals surface area contributed by atoms with Crippen LogP contribution >= 0.6 is 0 Å². The first kappa shape index (κ1) is 23.5. The van der Waals surface area contributed by atoms with E-state index < -0.39 is 24.0 Å². The highest BCUT2D eigenvalue weighted by Crippen LogP contribution is 2.25. The van der Waals surface area contributed by atoms with Crippen LogP contribution in [0.4, 0.5) is 26.5 Å². The summed E-state index contributed by atoms with van der Waals surface area (Å²) in [5.41, 5.74) is 1.24. The third-order valence-corrected chi connectivity index (χ3v) is 5.00. The molecule has 0 aliphatic carbocycles. The number of carbonyl (C=O) groups is 1. The first-order chi connectivity index (χ1) is 15.9. The second kappa shape index (κ2) is 10.9. The number of aromatic nitrogens is 4. The van der Waals surface area contributed by atoms with Crippen molar-refractivity contribution in [2.45, 2.75) is 45.2 Å². The normalized spacial score (nSPS) is 12.4. The minimum atomic E-state index is -1.16. The summed E-state index contributed by atoms with van der Waals surface area (Å²) in [6.45, 7) is 3.72. The van der Waals surface area contributed by atoms with E-state index in [1.807, 2.05) is 13.0 Å². The maximum atomic E-state index is 14.7. The lowest BCUT2D eigenvalue weighted by atomic mass is 10.0. The molecule has 0 aromatic carbocycles. The topological polar surface area (TPSA) is 141 Å². The molecule has 0 aliphatic heterocycles. The van der Waals surface area contributed by atoms with Crippen molar-refractivity contribution in [3.8, 4) is 11.8 Å². The molecule has 0 saturated heterocycles. The summed E-state index contributed by atoms with van der Waals surface area (Å²) in [4.78, 5) is 19.5. The summed E-state index contributed by atoms with van der Waals surface area (Å²) in [6.07, 6.45) is 7.75. The lowest BCUT2D eigenvalue weighted by Crippen LogP contribution is -2.44. The third-order valence-electron chi connectivity index (χ3n) is 5.00. The van der Waals surface area contributed by atoms with Crippen LogP contribution in [0.15, 0.2) is 43.0 Å². The van der Waals surface area contributed by atoms with E-state index in [9.17, 15) is 14.4 Å². The summed E-state index contributed by atoms with van der Waals surface area (Å²) < 4.78 is 16.4. The molecule has 0 bridgehead atoms. The highest BCUT2D eigenvalue weighted by atomic mass is 19.1. The van der Waals surface area contributed by atoms with Crippen LogP contribution < -0.4 is 16.0 Å². The van der Waals surface area contributed by atoms with Gasteiger partial charge in [-0.05, 0) is 31.5 Å². The lowest BCUT2D eigenvalue weighted by Gasteiger charge is -2.26. The van der Waals surface area contributed by atoms with Crippen molar-refractivity contribution in [2.75, 3.05) is 10.6 Å². The molecular weight excluding hydrogens is 427 g/mol. The number of pyridine rings is 2. The van der Waals surface area contributed by atoms with Gasteiger partial charge in [-0.2, -0.15) is 10.4 Å². The molecule has 0 fully saturated rings. The average molecular weight is 452 g/mol.